The first-order valence-electron chi connectivity index (χ1n) is 9.18. The van der Waals surface area contributed by atoms with Gasteiger partial charge in [-0.05, 0) is 31.6 Å². The minimum absolute atomic E-state index is 0.00339. The Kier molecular flexibility index (Phi) is 6.33. The van der Waals surface area contributed by atoms with Gasteiger partial charge in [0.15, 0.2) is 0 Å². The van der Waals surface area contributed by atoms with Gasteiger partial charge in [0, 0.05) is 35.4 Å². The largest absolute Gasteiger partial charge is 0.351 e. The number of imide groups is 1. The first-order chi connectivity index (χ1) is 13.9. The second kappa shape index (κ2) is 8.91. The Morgan fingerprint density at radius 1 is 1.31 bits per heavy atom. The van der Waals surface area contributed by atoms with Crippen LogP contribution in [0.2, 0.25) is 5.02 Å². The summed E-state index contributed by atoms with van der Waals surface area (Å²) in [5, 5.41) is 10.3. The number of amides is 4. The maximum Gasteiger partial charge on any atom is 0.324 e. The van der Waals surface area contributed by atoms with E-state index in [9.17, 15) is 14.4 Å². The van der Waals surface area contributed by atoms with Crippen molar-refractivity contribution in [2.24, 2.45) is 0 Å². The number of aryl methyl sites for hydroxylation is 1. The minimum Gasteiger partial charge on any atom is -0.351 e. The molecule has 4 amide bonds. The molecule has 0 atom stereocenters. The van der Waals surface area contributed by atoms with Crippen molar-refractivity contribution in [3.8, 4) is 0 Å². The van der Waals surface area contributed by atoms with Crippen LogP contribution in [0.25, 0.3) is 6.08 Å². The molecule has 0 aliphatic carbocycles. The number of hydrogen-bond acceptors (Lipinski definition) is 4. The summed E-state index contributed by atoms with van der Waals surface area (Å²) in [6.07, 6.45) is 3.13. The predicted molar refractivity (Wildman–Crippen MR) is 109 cm³/mol. The maximum absolute atomic E-state index is 12.1. The van der Waals surface area contributed by atoms with E-state index >= 15 is 0 Å². The van der Waals surface area contributed by atoms with Gasteiger partial charge in [-0.3, -0.25) is 19.2 Å². The third kappa shape index (κ3) is 4.83. The van der Waals surface area contributed by atoms with E-state index in [1.807, 2.05) is 42.8 Å². The molecule has 2 aromatic rings. The SMILES string of the molecule is Cc1nn(Cc2ccccc2Cl)c(C)c1C=CC(=O)NCCN1C(=O)CNC1=O. The molecular weight excluding hydrogens is 394 g/mol. The first-order valence-corrected chi connectivity index (χ1v) is 9.56. The van der Waals surface area contributed by atoms with Crippen LogP contribution in [-0.4, -0.2) is 52.2 Å². The number of urea groups is 1. The van der Waals surface area contributed by atoms with Crippen LogP contribution in [0.5, 0.6) is 0 Å². The second-order valence-corrected chi connectivity index (χ2v) is 7.07. The van der Waals surface area contributed by atoms with Crippen LogP contribution in [-0.2, 0) is 16.1 Å². The number of carbonyl (C=O) groups excluding carboxylic acids is 3. The molecule has 1 aliphatic rings. The summed E-state index contributed by atoms with van der Waals surface area (Å²) in [7, 11) is 0. The highest BCUT2D eigenvalue weighted by molar-refractivity contribution is 6.31. The minimum atomic E-state index is -0.433. The first kappa shape index (κ1) is 20.6. The molecule has 0 bridgehead atoms. The lowest BCUT2D eigenvalue weighted by molar-refractivity contribution is -0.125. The molecule has 29 heavy (non-hydrogen) atoms. The van der Waals surface area contributed by atoms with E-state index in [1.54, 1.807) is 6.08 Å². The van der Waals surface area contributed by atoms with Gasteiger partial charge in [-0.1, -0.05) is 29.8 Å². The van der Waals surface area contributed by atoms with Crippen LogP contribution in [0.3, 0.4) is 0 Å². The molecule has 152 valence electrons. The zero-order chi connectivity index (χ0) is 21.0. The summed E-state index contributed by atoms with van der Waals surface area (Å²) in [4.78, 5) is 36.1. The summed E-state index contributed by atoms with van der Waals surface area (Å²) >= 11 is 6.23. The number of rotatable bonds is 7. The van der Waals surface area contributed by atoms with E-state index in [0.717, 1.165) is 27.4 Å². The number of nitrogens with one attached hydrogen (secondary N) is 2. The van der Waals surface area contributed by atoms with Gasteiger partial charge >= 0.3 is 6.03 Å². The molecule has 2 heterocycles. The van der Waals surface area contributed by atoms with Gasteiger partial charge in [0.05, 0.1) is 18.8 Å². The Labute approximate surface area is 173 Å². The van der Waals surface area contributed by atoms with Crippen LogP contribution in [0, 0.1) is 13.8 Å². The molecule has 0 spiro atoms. The molecule has 1 aromatic carbocycles. The maximum atomic E-state index is 12.1. The van der Waals surface area contributed by atoms with Crippen LogP contribution >= 0.6 is 11.6 Å². The monoisotopic (exact) mass is 415 g/mol. The third-order valence-corrected chi connectivity index (χ3v) is 5.06. The Balaban J connectivity index is 1.59. The van der Waals surface area contributed by atoms with Gasteiger partial charge < -0.3 is 10.6 Å². The normalized spacial score (nSPS) is 14.0. The average molecular weight is 416 g/mol. The molecule has 0 saturated carbocycles. The highest BCUT2D eigenvalue weighted by Crippen LogP contribution is 2.20. The van der Waals surface area contributed by atoms with Gasteiger partial charge in [0.1, 0.15) is 0 Å². The smallest absolute Gasteiger partial charge is 0.324 e. The van der Waals surface area contributed by atoms with Crippen molar-refractivity contribution in [3.63, 3.8) is 0 Å². The number of benzene rings is 1. The van der Waals surface area contributed by atoms with Gasteiger partial charge in [0.25, 0.3) is 0 Å². The molecule has 0 radical (unpaired) electrons. The predicted octanol–water partition coefficient (Wildman–Crippen LogP) is 1.88. The number of halogens is 1. The quantitative estimate of drug-likeness (QED) is 0.533. The molecule has 9 heteroatoms. The Hall–Kier alpha value is -3.13. The third-order valence-electron chi connectivity index (χ3n) is 4.69. The number of aromatic nitrogens is 2. The molecule has 2 N–H and O–H groups in total. The molecule has 1 aliphatic heterocycles. The van der Waals surface area contributed by atoms with E-state index in [-0.39, 0.29) is 31.4 Å². The van der Waals surface area contributed by atoms with E-state index in [0.29, 0.717) is 11.6 Å². The highest BCUT2D eigenvalue weighted by Gasteiger charge is 2.27. The van der Waals surface area contributed by atoms with Crippen molar-refractivity contribution < 1.29 is 14.4 Å². The topological polar surface area (TPSA) is 96.3 Å². The van der Waals surface area contributed by atoms with Crippen molar-refractivity contribution in [1.82, 2.24) is 25.3 Å². The van der Waals surface area contributed by atoms with E-state index in [4.69, 9.17) is 11.6 Å². The zero-order valence-electron chi connectivity index (χ0n) is 16.2. The molecule has 8 nitrogen and oxygen atoms in total. The average Bonchev–Trinajstić information content (AvgIpc) is 3.14. The zero-order valence-corrected chi connectivity index (χ0v) is 17.0. The fraction of sp³-hybridized carbons (Fsp3) is 0.300. The Bertz CT molecular complexity index is 966. The molecule has 1 aromatic heterocycles. The highest BCUT2D eigenvalue weighted by atomic mass is 35.5. The molecule has 0 unspecified atom stereocenters. The van der Waals surface area contributed by atoms with Crippen LogP contribution in [0.1, 0.15) is 22.5 Å². The van der Waals surface area contributed by atoms with Crippen LogP contribution < -0.4 is 10.6 Å². The number of hydrogen-bond donors (Lipinski definition) is 2. The lowest BCUT2D eigenvalue weighted by atomic mass is 10.1. The standard InChI is InChI=1S/C20H22ClN5O3/c1-13-16(14(2)26(24-13)12-15-5-3-4-6-17(15)21)7-8-18(27)22-9-10-25-19(28)11-23-20(25)29/h3-8H,9-12H2,1-2H3,(H,22,27)(H,23,29). The van der Waals surface area contributed by atoms with Crippen molar-refractivity contribution in [1.29, 1.82) is 0 Å². The number of carbonyl (C=O) groups is 3. The summed E-state index contributed by atoms with van der Waals surface area (Å²) in [6, 6.07) is 7.17. The van der Waals surface area contributed by atoms with Gasteiger partial charge in [-0.25, -0.2) is 4.79 Å². The van der Waals surface area contributed by atoms with Gasteiger partial charge in [0.2, 0.25) is 11.8 Å². The van der Waals surface area contributed by atoms with Crippen molar-refractivity contribution >= 4 is 35.5 Å². The van der Waals surface area contributed by atoms with Crippen molar-refractivity contribution in [2.45, 2.75) is 20.4 Å². The summed E-state index contributed by atoms with van der Waals surface area (Å²) < 4.78 is 1.85. The molecule has 3 rings (SSSR count). The summed E-state index contributed by atoms with van der Waals surface area (Å²) in [6.45, 7) is 4.68. The van der Waals surface area contributed by atoms with Gasteiger partial charge in [-0.15, -0.1) is 0 Å². The molecule has 1 fully saturated rings. The van der Waals surface area contributed by atoms with E-state index in [1.165, 1.54) is 6.08 Å². The Morgan fingerprint density at radius 2 is 2.07 bits per heavy atom. The van der Waals surface area contributed by atoms with Crippen molar-refractivity contribution in [2.75, 3.05) is 19.6 Å². The van der Waals surface area contributed by atoms with Crippen LogP contribution in [0.15, 0.2) is 30.3 Å². The lowest BCUT2D eigenvalue weighted by Crippen LogP contribution is -2.38. The molecule has 1 saturated heterocycles. The van der Waals surface area contributed by atoms with E-state index in [2.05, 4.69) is 15.7 Å². The lowest BCUT2D eigenvalue weighted by Gasteiger charge is -2.11. The summed E-state index contributed by atoms with van der Waals surface area (Å²) in [5.41, 5.74) is 3.55. The fourth-order valence-corrected chi connectivity index (χ4v) is 3.28. The summed E-state index contributed by atoms with van der Waals surface area (Å²) in [5.74, 6) is -0.605. The second-order valence-electron chi connectivity index (χ2n) is 6.66. The Morgan fingerprint density at radius 3 is 2.76 bits per heavy atom. The van der Waals surface area contributed by atoms with E-state index < -0.39 is 6.03 Å². The van der Waals surface area contributed by atoms with Crippen LogP contribution in [0.4, 0.5) is 4.79 Å². The molecular formula is C20H22ClN5O3. The van der Waals surface area contributed by atoms with Gasteiger partial charge in [-0.2, -0.15) is 5.10 Å². The fourth-order valence-electron chi connectivity index (χ4n) is 3.08. The number of nitrogens with zero attached hydrogens (tertiary/aromatic N) is 3. The van der Waals surface area contributed by atoms with Crippen molar-refractivity contribution in [3.05, 3.63) is 57.9 Å².